The molecule has 0 aliphatic rings. The summed E-state index contributed by atoms with van der Waals surface area (Å²) < 4.78 is 10.6. The smallest absolute Gasteiger partial charge is 0.185 e. The molecule has 1 heterocycles. The van der Waals surface area contributed by atoms with Crippen molar-refractivity contribution in [3.05, 3.63) is 71.9 Å². The Labute approximate surface area is 145 Å². The van der Waals surface area contributed by atoms with Gasteiger partial charge in [-0.25, -0.2) is 0 Å². The van der Waals surface area contributed by atoms with Crippen molar-refractivity contribution in [1.29, 1.82) is 0 Å². The van der Waals surface area contributed by atoms with Gasteiger partial charge in [0, 0.05) is 17.2 Å². The fourth-order valence-corrected chi connectivity index (χ4v) is 2.39. The van der Waals surface area contributed by atoms with Gasteiger partial charge in [-0.3, -0.25) is 9.89 Å². The van der Waals surface area contributed by atoms with Crippen molar-refractivity contribution in [2.45, 2.75) is 0 Å². The number of hydrogen-bond acceptors (Lipinski definition) is 4. The number of hydrogen-bond donors (Lipinski definition) is 1. The zero-order valence-corrected chi connectivity index (χ0v) is 14.0. The van der Waals surface area contributed by atoms with Gasteiger partial charge in [0.15, 0.2) is 5.78 Å². The van der Waals surface area contributed by atoms with Crippen LogP contribution in [0.25, 0.3) is 17.3 Å². The van der Waals surface area contributed by atoms with Crippen molar-refractivity contribution < 1.29 is 14.3 Å². The van der Waals surface area contributed by atoms with Crippen LogP contribution in [0.3, 0.4) is 0 Å². The Morgan fingerprint density at radius 3 is 2.32 bits per heavy atom. The summed E-state index contributed by atoms with van der Waals surface area (Å²) in [6.45, 7) is 0. The molecule has 0 spiro atoms. The molecule has 2 aromatic carbocycles. The van der Waals surface area contributed by atoms with Crippen LogP contribution in [0.15, 0.2) is 60.7 Å². The molecule has 25 heavy (non-hydrogen) atoms. The van der Waals surface area contributed by atoms with Gasteiger partial charge in [-0.2, -0.15) is 5.10 Å². The Hall–Kier alpha value is -3.34. The van der Waals surface area contributed by atoms with Crippen LogP contribution in [0, 0.1) is 0 Å². The van der Waals surface area contributed by atoms with E-state index in [2.05, 4.69) is 10.2 Å². The van der Waals surface area contributed by atoms with E-state index in [9.17, 15) is 4.79 Å². The maximum Gasteiger partial charge on any atom is 0.185 e. The Bertz CT molecular complexity index is 876. The Kier molecular flexibility index (Phi) is 4.95. The van der Waals surface area contributed by atoms with E-state index in [1.807, 2.05) is 36.4 Å². The van der Waals surface area contributed by atoms with E-state index in [4.69, 9.17) is 9.47 Å². The molecular formula is C20H18N2O3. The van der Waals surface area contributed by atoms with E-state index in [-0.39, 0.29) is 5.78 Å². The second-order valence-corrected chi connectivity index (χ2v) is 5.37. The van der Waals surface area contributed by atoms with Gasteiger partial charge in [0.1, 0.15) is 11.5 Å². The highest BCUT2D eigenvalue weighted by molar-refractivity contribution is 6.06. The number of allylic oxidation sites excluding steroid dienone is 1. The molecule has 0 aliphatic heterocycles. The number of ketones is 1. The summed E-state index contributed by atoms with van der Waals surface area (Å²) in [5.74, 6) is 1.32. The van der Waals surface area contributed by atoms with Gasteiger partial charge in [-0.05, 0) is 30.4 Å². The summed E-state index contributed by atoms with van der Waals surface area (Å²) in [4.78, 5) is 12.1. The van der Waals surface area contributed by atoms with Crippen LogP contribution in [-0.2, 0) is 0 Å². The second-order valence-electron chi connectivity index (χ2n) is 5.37. The van der Waals surface area contributed by atoms with Crippen molar-refractivity contribution in [2.75, 3.05) is 14.2 Å². The van der Waals surface area contributed by atoms with E-state index >= 15 is 0 Å². The minimum absolute atomic E-state index is 0.0557. The molecule has 3 rings (SSSR count). The molecule has 0 atom stereocenters. The van der Waals surface area contributed by atoms with E-state index in [1.54, 1.807) is 38.5 Å². The number of nitrogens with one attached hydrogen (secondary N) is 1. The first kappa shape index (κ1) is 16.5. The van der Waals surface area contributed by atoms with Gasteiger partial charge < -0.3 is 9.47 Å². The van der Waals surface area contributed by atoms with Crippen molar-refractivity contribution in [3.63, 3.8) is 0 Å². The van der Waals surface area contributed by atoms with E-state index in [0.717, 1.165) is 17.0 Å². The molecule has 126 valence electrons. The molecule has 1 N–H and O–H groups in total. The highest BCUT2D eigenvalue weighted by atomic mass is 16.5. The number of aromatic amines is 1. The quantitative estimate of drug-likeness (QED) is 0.547. The van der Waals surface area contributed by atoms with Crippen LogP contribution in [0.5, 0.6) is 11.5 Å². The van der Waals surface area contributed by atoms with Crippen LogP contribution >= 0.6 is 0 Å². The van der Waals surface area contributed by atoms with Crippen LogP contribution in [0.4, 0.5) is 0 Å². The molecule has 0 aliphatic carbocycles. The third-order valence-corrected chi connectivity index (χ3v) is 3.72. The van der Waals surface area contributed by atoms with E-state index < -0.39 is 0 Å². The highest BCUT2D eigenvalue weighted by Crippen LogP contribution is 2.29. The minimum atomic E-state index is -0.0557. The lowest BCUT2D eigenvalue weighted by Crippen LogP contribution is -1.92. The first-order chi connectivity index (χ1) is 12.2. The first-order valence-electron chi connectivity index (χ1n) is 7.76. The van der Waals surface area contributed by atoms with Crippen molar-refractivity contribution >= 4 is 11.9 Å². The molecule has 0 saturated heterocycles. The van der Waals surface area contributed by atoms with Crippen LogP contribution in [0.1, 0.15) is 16.1 Å². The Balaban J connectivity index is 1.81. The molecular weight excluding hydrogens is 316 g/mol. The molecule has 0 amide bonds. The van der Waals surface area contributed by atoms with E-state index in [0.29, 0.717) is 17.1 Å². The number of methoxy groups -OCH3 is 2. The maximum absolute atomic E-state index is 12.1. The summed E-state index contributed by atoms with van der Waals surface area (Å²) in [6.07, 6.45) is 3.24. The Morgan fingerprint density at radius 1 is 1.00 bits per heavy atom. The van der Waals surface area contributed by atoms with Gasteiger partial charge >= 0.3 is 0 Å². The topological polar surface area (TPSA) is 64.2 Å². The number of nitrogens with zero attached hydrogens (tertiary/aromatic N) is 1. The predicted octanol–water partition coefficient (Wildman–Crippen LogP) is 3.99. The third-order valence-electron chi connectivity index (χ3n) is 3.72. The lowest BCUT2D eigenvalue weighted by Gasteiger charge is -2.06. The zero-order valence-electron chi connectivity index (χ0n) is 14.0. The number of H-pyrrole nitrogens is 1. The molecule has 5 nitrogen and oxygen atoms in total. The standard InChI is InChI=1S/C20H18N2O3/c1-24-17-10-15(11-18(13-17)25-2)19-12-16(21-22-19)8-9-20(23)14-6-4-3-5-7-14/h3-13H,1-2H3,(H,21,22)/b9-8+. The molecule has 1 aromatic heterocycles. The van der Waals surface area contributed by atoms with Gasteiger partial charge in [-0.15, -0.1) is 0 Å². The van der Waals surface area contributed by atoms with Crippen LogP contribution < -0.4 is 9.47 Å². The number of carbonyl (C=O) groups is 1. The molecule has 0 unspecified atom stereocenters. The average molecular weight is 334 g/mol. The monoisotopic (exact) mass is 334 g/mol. The summed E-state index contributed by atoms with van der Waals surface area (Å²) in [7, 11) is 3.21. The van der Waals surface area contributed by atoms with Gasteiger partial charge in [0.25, 0.3) is 0 Å². The number of ether oxygens (including phenoxy) is 2. The van der Waals surface area contributed by atoms with Gasteiger partial charge in [0.05, 0.1) is 25.6 Å². The number of aromatic nitrogens is 2. The molecule has 5 heteroatoms. The van der Waals surface area contributed by atoms with Gasteiger partial charge in [0.2, 0.25) is 0 Å². The zero-order chi connectivity index (χ0) is 17.6. The van der Waals surface area contributed by atoms with Crippen molar-refractivity contribution in [2.24, 2.45) is 0 Å². The van der Waals surface area contributed by atoms with Crippen molar-refractivity contribution in [1.82, 2.24) is 10.2 Å². The lowest BCUT2D eigenvalue weighted by atomic mass is 10.1. The SMILES string of the molecule is COc1cc(OC)cc(-c2cc(/C=C/C(=O)c3ccccc3)[nH]n2)c1. The first-order valence-corrected chi connectivity index (χ1v) is 7.76. The number of rotatable bonds is 6. The normalized spacial score (nSPS) is 10.8. The average Bonchev–Trinajstić information content (AvgIpc) is 3.15. The molecule has 0 bridgehead atoms. The fraction of sp³-hybridized carbons (Fsp3) is 0.100. The molecule has 0 radical (unpaired) electrons. The second kappa shape index (κ2) is 7.49. The largest absolute Gasteiger partial charge is 0.497 e. The molecule has 0 fully saturated rings. The molecule has 3 aromatic rings. The lowest BCUT2D eigenvalue weighted by molar-refractivity contribution is 0.104. The number of carbonyl (C=O) groups excluding carboxylic acids is 1. The van der Waals surface area contributed by atoms with Crippen molar-refractivity contribution in [3.8, 4) is 22.8 Å². The summed E-state index contributed by atoms with van der Waals surface area (Å²) in [6, 6.07) is 16.5. The van der Waals surface area contributed by atoms with Crippen LogP contribution in [-0.4, -0.2) is 30.2 Å². The van der Waals surface area contributed by atoms with Gasteiger partial charge in [-0.1, -0.05) is 30.3 Å². The minimum Gasteiger partial charge on any atom is -0.497 e. The summed E-state index contributed by atoms with van der Waals surface area (Å²) >= 11 is 0. The molecule has 0 saturated carbocycles. The number of benzene rings is 2. The summed E-state index contributed by atoms with van der Waals surface area (Å²) in [5, 5.41) is 7.20. The highest BCUT2D eigenvalue weighted by Gasteiger charge is 2.08. The summed E-state index contributed by atoms with van der Waals surface area (Å²) in [5.41, 5.74) is 2.99. The maximum atomic E-state index is 12.1. The predicted molar refractivity (Wildman–Crippen MR) is 96.9 cm³/mol. The Morgan fingerprint density at radius 2 is 1.68 bits per heavy atom. The van der Waals surface area contributed by atoms with Crippen LogP contribution in [0.2, 0.25) is 0 Å². The fourth-order valence-electron chi connectivity index (χ4n) is 2.39. The third kappa shape index (κ3) is 3.95. The van der Waals surface area contributed by atoms with E-state index in [1.165, 1.54) is 6.08 Å².